The van der Waals surface area contributed by atoms with Gasteiger partial charge in [0.05, 0.1) is 22.6 Å². The zero-order valence-corrected chi connectivity index (χ0v) is 23.0. The fourth-order valence-electron chi connectivity index (χ4n) is 5.24. The van der Waals surface area contributed by atoms with Gasteiger partial charge < -0.3 is 13.9 Å². The van der Waals surface area contributed by atoms with Gasteiger partial charge in [0.1, 0.15) is 11.2 Å². The Morgan fingerprint density at radius 1 is 0.600 bits per heavy atom. The molecule has 0 unspecified atom stereocenters. The quantitative estimate of drug-likeness (QED) is 0.229. The van der Waals surface area contributed by atoms with E-state index in [1.165, 1.54) is 0 Å². The SMILES string of the molecule is CC1(C)OC(c2ccc3oc4cccc(-c5cc(-c6ccccc6)nc(-c6ccccc6)n5)c4c3c2)OC1(C)C. The lowest BCUT2D eigenvalue weighted by Crippen LogP contribution is -2.41. The number of hydrogen-bond donors (Lipinski definition) is 0. The van der Waals surface area contributed by atoms with E-state index >= 15 is 0 Å². The van der Waals surface area contributed by atoms with Crippen LogP contribution in [0.25, 0.3) is 55.8 Å². The molecule has 5 nitrogen and oxygen atoms in total. The molecule has 1 aliphatic heterocycles. The molecule has 40 heavy (non-hydrogen) atoms. The summed E-state index contributed by atoms with van der Waals surface area (Å²) in [5.74, 6) is 0.680. The Balaban J connectivity index is 1.43. The minimum absolute atomic E-state index is 0.418. The number of rotatable bonds is 4. The highest BCUT2D eigenvalue weighted by molar-refractivity contribution is 6.12. The third kappa shape index (κ3) is 4.10. The highest BCUT2D eigenvalue weighted by atomic mass is 16.7. The molecule has 2 aromatic heterocycles. The van der Waals surface area contributed by atoms with Gasteiger partial charge in [-0.1, -0.05) is 78.9 Å². The van der Waals surface area contributed by atoms with E-state index in [0.717, 1.165) is 55.6 Å². The predicted molar refractivity (Wildman–Crippen MR) is 159 cm³/mol. The molecule has 0 N–H and O–H groups in total. The van der Waals surface area contributed by atoms with E-state index in [1.54, 1.807) is 0 Å². The number of benzene rings is 4. The van der Waals surface area contributed by atoms with E-state index in [-0.39, 0.29) is 0 Å². The molecule has 7 rings (SSSR count). The summed E-state index contributed by atoms with van der Waals surface area (Å²) in [4.78, 5) is 10.0. The highest BCUT2D eigenvalue weighted by Gasteiger charge is 2.49. The third-order valence-electron chi connectivity index (χ3n) is 8.15. The first-order valence-electron chi connectivity index (χ1n) is 13.6. The van der Waals surface area contributed by atoms with Gasteiger partial charge in [-0.25, -0.2) is 9.97 Å². The van der Waals surface area contributed by atoms with Crippen molar-refractivity contribution in [3.63, 3.8) is 0 Å². The van der Waals surface area contributed by atoms with E-state index in [4.69, 9.17) is 23.9 Å². The molecule has 0 amide bonds. The maximum atomic E-state index is 6.36. The summed E-state index contributed by atoms with van der Waals surface area (Å²) < 4.78 is 19.0. The average molecular weight is 527 g/mol. The summed E-state index contributed by atoms with van der Waals surface area (Å²) in [5, 5.41) is 2.01. The summed E-state index contributed by atoms with van der Waals surface area (Å²) in [7, 11) is 0. The number of hydrogen-bond acceptors (Lipinski definition) is 5. The summed E-state index contributed by atoms with van der Waals surface area (Å²) in [5.41, 5.74) is 6.43. The van der Waals surface area contributed by atoms with Crippen molar-refractivity contribution in [2.75, 3.05) is 0 Å². The fraction of sp³-hybridized carbons (Fsp3) is 0.200. The molecule has 0 bridgehead atoms. The molecule has 0 spiro atoms. The molecular weight excluding hydrogens is 496 g/mol. The second kappa shape index (κ2) is 9.12. The largest absolute Gasteiger partial charge is 0.456 e. The first kappa shape index (κ1) is 24.7. The van der Waals surface area contributed by atoms with Crippen LogP contribution in [0, 0.1) is 0 Å². The van der Waals surface area contributed by atoms with Crippen molar-refractivity contribution in [2.24, 2.45) is 0 Å². The molecular formula is C35H30N2O3. The monoisotopic (exact) mass is 526 g/mol. The standard InChI is InChI=1S/C35H30N2O3/c1-34(2)35(3,4)40-33(39-34)24-18-19-29-26(20-24)31-25(16-11-17-30(31)38-29)28-21-27(22-12-7-5-8-13-22)36-32(37-28)23-14-9-6-10-15-23/h5-21,33H,1-4H3. The third-order valence-corrected chi connectivity index (χ3v) is 8.15. The van der Waals surface area contributed by atoms with E-state index < -0.39 is 17.5 Å². The molecule has 1 aliphatic rings. The number of fused-ring (bicyclic) bond motifs is 3. The topological polar surface area (TPSA) is 57.4 Å². The summed E-state index contributed by atoms with van der Waals surface area (Å²) in [6.07, 6.45) is -0.458. The fourth-order valence-corrected chi connectivity index (χ4v) is 5.24. The summed E-state index contributed by atoms with van der Waals surface area (Å²) in [6, 6.07) is 34.7. The molecule has 0 saturated carbocycles. The molecule has 198 valence electrons. The van der Waals surface area contributed by atoms with Crippen LogP contribution in [0.4, 0.5) is 0 Å². The second-order valence-electron chi connectivity index (χ2n) is 11.3. The van der Waals surface area contributed by atoms with Crippen LogP contribution < -0.4 is 0 Å². The molecule has 6 aromatic rings. The maximum absolute atomic E-state index is 6.36. The van der Waals surface area contributed by atoms with Crippen LogP contribution in [-0.4, -0.2) is 21.2 Å². The molecule has 0 aliphatic carbocycles. The van der Waals surface area contributed by atoms with Gasteiger partial charge in [-0.2, -0.15) is 0 Å². The maximum Gasteiger partial charge on any atom is 0.185 e. The minimum Gasteiger partial charge on any atom is -0.456 e. The molecule has 3 heterocycles. The molecule has 4 aromatic carbocycles. The van der Waals surface area contributed by atoms with Gasteiger partial charge >= 0.3 is 0 Å². The van der Waals surface area contributed by atoms with Gasteiger partial charge in [0, 0.05) is 33.0 Å². The van der Waals surface area contributed by atoms with Gasteiger partial charge in [-0.15, -0.1) is 0 Å². The first-order chi connectivity index (χ1) is 19.3. The van der Waals surface area contributed by atoms with E-state index in [9.17, 15) is 0 Å². The number of nitrogens with zero attached hydrogens (tertiary/aromatic N) is 2. The molecule has 1 fully saturated rings. The van der Waals surface area contributed by atoms with E-state index in [1.807, 2.05) is 72.8 Å². The Morgan fingerprint density at radius 3 is 1.95 bits per heavy atom. The zero-order chi connectivity index (χ0) is 27.5. The zero-order valence-electron chi connectivity index (χ0n) is 23.0. The number of aromatic nitrogens is 2. The number of furan rings is 1. The Morgan fingerprint density at radius 2 is 1.25 bits per heavy atom. The van der Waals surface area contributed by atoms with Crippen LogP contribution in [0.1, 0.15) is 39.5 Å². The summed E-state index contributed by atoms with van der Waals surface area (Å²) in [6.45, 7) is 8.28. The van der Waals surface area contributed by atoms with Gasteiger partial charge in [0.2, 0.25) is 0 Å². The van der Waals surface area contributed by atoms with Gasteiger partial charge in [-0.3, -0.25) is 0 Å². The molecule has 0 atom stereocenters. The van der Waals surface area contributed by atoms with Crippen molar-refractivity contribution in [1.82, 2.24) is 9.97 Å². The molecule has 1 saturated heterocycles. The van der Waals surface area contributed by atoms with Crippen LogP contribution in [-0.2, 0) is 9.47 Å². The van der Waals surface area contributed by atoms with Crippen LogP contribution in [0.2, 0.25) is 0 Å². The molecule has 0 radical (unpaired) electrons. The lowest BCUT2D eigenvalue weighted by atomic mass is 9.90. The van der Waals surface area contributed by atoms with Gasteiger partial charge in [0.15, 0.2) is 12.1 Å². The lowest BCUT2D eigenvalue weighted by Gasteiger charge is -2.30. The lowest BCUT2D eigenvalue weighted by molar-refractivity contribution is -0.0894. The van der Waals surface area contributed by atoms with Gasteiger partial charge in [0.25, 0.3) is 0 Å². The highest BCUT2D eigenvalue weighted by Crippen LogP contribution is 2.46. The van der Waals surface area contributed by atoms with Crippen LogP contribution in [0.5, 0.6) is 0 Å². The minimum atomic E-state index is -0.458. The Kier molecular flexibility index (Phi) is 5.63. The first-order valence-corrected chi connectivity index (χ1v) is 13.6. The second-order valence-corrected chi connectivity index (χ2v) is 11.3. The summed E-state index contributed by atoms with van der Waals surface area (Å²) >= 11 is 0. The van der Waals surface area contributed by atoms with Crippen LogP contribution in [0.3, 0.4) is 0 Å². The Hall–Kier alpha value is -4.32. The van der Waals surface area contributed by atoms with Crippen molar-refractivity contribution in [3.8, 4) is 33.9 Å². The van der Waals surface area contributed by atoms with Crippen LogP contribution >= 0.6 is 0 Å². The van der Waals surface area contributed by atoms with E-state index in [0.29, 0.717) is 5.82 Å². The van der Waals surface area contributed by atoms with Gasteiger partial charge in [-0.05, 0) is 52.0 Å². The average Bonchev–Trinajstić information content (AvgIpc) is 3.45. The molecule has 5 heteroatoms. The van der Waals surface area contributed by atoms with Crippen molar-refractivity contribution in [3.05, 3.63) is 109 Å². The predicted octanol–water partition coefficient (Wildman–Crippen LogP) is 8.98. The Labute approximate surface area is 233 Å². The van der Waals surface area contributed by atoms with Crippen LogP contribution in [0.15, 0.2) is 108 Å². The normalized spacial score (nSPS) is 16.6. The van der Waals surface area contributed by atoms with Crippen molar-refractivity contribution >= 4 is 21.9 Å². The van der Waals surface area contributed by atoms with Crippen molar-refractivity contribution < 1.29 is 13.9 Å². The smallest absolute Gasteiger partial charge is 0.185 e. The Bertz CT molecular complexity index is 1780. The van der Waals surface area contributed by atoms with E-state index in [2.05, 4.69) is 58.0 Å². The van der Waals surface area contributed by atoms with Crippen molar-refractivity contribution in [1.29, 1.82) is 0 Å². The number of ether oxygens (including phenoxy) is 2. The van der Waals surface area contributed by atoms with Crippen molar-refractivity contribution in [2.45, 2.75) is 45.2 Å².